The second kappa shape index (κ2) is 4.46. The Labute approximate surface area is 69.4 Å². The topological polar surface area (TPSA) is 40.5 Å². The van der Waals surface area contributed by atoms with Gasteiger partial charge in [-0.1, -0.05) is 22.6 Å². The van der Waals surface area contributed by atoms with E-state index in [0.717, 1.165) is 10.8 Å². The summed E-state index contributed by atoms with van der Waals surface area (Å²) in [5, 5.41) is 17.8. The maximum atomic E-state index is 9.20. The Balaban J connectivity index is 3.33. The van der Waals surface area contributed by atoms with E-state index < -0.39 is 5.60 Å². The molecule has 0 amide bonds. The smallest absolute Gasteiger partial charge is 0.0849 e. The third kappa shape index (κ3) is 5.11. The predicted octanol–water partition coefficient (Wildman–Crippen LogP) is 0.945. The van der Waals surface area contributed by atoms with Crippen LogP contribution < -0.4 is 0 Å². The maximum absolute atomic E-state index is 9.20. The lowest BCUT2D eigenvalue weighted by molar-refractivity contribution is -0.00516. The molecule has 0 spiro atoms. The lowest BCUT2D eigenvalue weighted by Gasteiger charge is -2.18. The molecule has 0 aromatic rings. The average molecular weight is 244 g/mol. The number of rotatable bonds is 4. The number of aliphatic hydroxyl groups is 2. The second-order valence-electron chi connectivity index (χ2n) is 2.45. The summed E-state index contributed by atoms with van der Waals surface area (Å²) in [6, 6.07) is 0. The summed E-state index contributed by atoms with van der Waals surface area (Å²) in [4.78, 5) is 0. The van der Waals surface area contributed by atoms with Crippen molar-refractivity contribution in [2.75, 3.05) is 11.0 Å². The molecule has 0 bridgehead atoms. The van der Waals surface area contributed by atoms with Crippen molar-refractivity contribution in [2.24, 2.45) is 0 Å². The van der Waals surface area contributed by atoms with Gasteiger partial charge >= 0.3 is 0 Å². The van der Waals surface area contributed by atoms with Gasteiger partial charge in [-0.2, -0.15) is 0 Å². The Morgan fingerprint density at radius 2 is 2.11 bits per heavy atom. The quantitative estimate of drug-likeness (QED) is 0.570. The standard InChI is InChI=1S/C6H13IO2/c1-6(9,5-8)3-2-4-7/h8-9H,2-5H2,1H3/t6-/m0/s1. The van der Waals surface area contributed by atoms with Crippen LogP contribution in [0.1, 0.15) is 19.8 Å². The summed E-state index contributed by atoms with van der Waals surface area (Å²) in [5.74, 6) is 0. The third-order valence-corrected chi connectivity index (χ3v) is 1.95. The molecule has 1 atom stereocenters. The van der Waals surface area contributed by atoms with Crippen LogP contribution in [0.3, 0.4) is 0 Å². The van der Waals surface area contributed by atoms with E-state index in [1.165, 1.54) is 0 Å². The van der Waals surface area contributed by atoms with E-state index in [2.05, 4.69) is 22.6 Å². The molecule has 3 heteroatoms. The van der Waals surface area contributed by atoms with Gasteiger partial charge in [-0.15, -0.1) is 0 Å². The second-order valence-corrected chi connectivity index (χ2v) is 3.53. The van der Waals surface area contributed by atoms with E-state index in [1.54, 1.807) is 6.92 Å². The highest BCUT2D eigenvalue weighted by Crippen LogP contribution is 2.11. The molecule has 0 aliphatic heterocycles. The van der Waals surface area contributed by atoms with Crippen molar-refractivity contribution in [3.8, 4) is 0 Å². The van der Waals surface area contributed by atoms with E-state index in [9.17, 15) is 5.11 Å². The first kappa shape index (κ1) is 9.65. The molecule has 0 radical (unpaired) electrons. The van der Waals surface area contributed by atoms with Gasteiger partial charge in [0.05, 0.1) is 12.2 Å². The molecule has 0 heterocycles. The van der Waals surface area contributed by atoms with Gasteiger partial charge in [-0.3, -0.25) is 0 Å². The zero-order chi connectivity index (χ0) is 7.33. The highest BCUT2D eigenvalue weighted by atomic mass is 127. The van der Waals surface area contributed by atoms with Gasteiger partial charge in [0.15, 0.2) is 0 Å². The molecule has 0 aromatic carbocycles. The highest BCUT2D eigenvalue weighted by molar-refractivity contribution is 14.1. The largest absolute Gasteiger partial charge is 0.393 e. The number of alkyl halides is 1. The van der Waals surface area contributed by atoms with Gasteiger partial charge in [0.25, 0.3) is 0 Å². The molecule has 0 saturated heterocycles. The monoisotopic (exact) mass is 244 g/mol. The van der Waals surface area contributed by atoms with Gasteiger partial charge in [-0.05, 0) is 24.2 Å². The van der Waals surface area contributed by atoms with Crippen LogP contribution in [-0.2, 0) is 0 Å². The molecule has 2 N–H and O–H groups in total. The van der Waals surface area contributed by atoms with Gasteiger partial charge in [0, 0.05) is 0 Å². The van der Waals surface area contributed by atoms with Gasteiger partial charge in [0.2, 0.25) is 0 Å². The summed E-state index contributed by atoms with van der Waals surface area (Å²) in [7, 11) is 0. The van der Waals surface area contributed by atoms with Crippen LogP contribution in [-0.4, -0.2) is 26.8 Å². The van der Waals surface area contributed by atoms with Crippen molar-refractivity contribution in [2.45, 2.75) is 25.4 Å². The normalized spacial score (nSPS) is 17.3. The van der Waals surface area contributed by atoms with Gasteiger partial charge in [0.1, 0.15) is 0 Å². The van der Waals surface area contributed by atoms with Crippen LogP contribution in [0, 0.1) is 0 Å². The van der Waals surface area contributed by atoms with Crippen molar-refractivity contribution in [3.05, 3.63) is 0 Å². The molecule has 9 heavy (non-hydrogen) atoms. The molecule has 56 valence electrons. The Kier molecular flexibility index (Phi) is 4.79. The minimum Gasteiger partial charge on any atom is -0.393 e. The molecule has 0 rings (SSSR count). The molecule has 0 aliphatic carbocycles. The average Bonchev–Trinajstić information content (AvgIpc) is 1.84. The molecule has 0 aromatic heterocycles. The summed E-state index contributed by atoms with van der Waals surface area (Å²) in [6.07, 6.45) is 1.65. The van der Waals surface area contributed by atoms with E-state index in [4.69, 9.17) is 5.11 Å². The number of hydrogen-bond acceptors (Lipinski definition) is 2. The SMILES string of the molecule is C[C@@](O)(CO)CCCI. The van der Waals surface area contributed by atoms with Crippen molar-refractivity contribution in [1.82, 2.24) is 0 Å². The Hall–Kier alpha value is 0.650. The van der Waals surface area contributed by atoms with Crippen molar-refractivity contribution in [1.29, 1.82) is 0 Å². The minimum absolute atomic E-state index is 0.135. The van der Waals surface area contributed by atoms with Crippen molar-refractivity contribution >= 4 is 22.6 Å². The summed E-state index contributed by atoms with van der Waals surface area (Å²) >= 11 is 2.25. The van der Waals surface area contributed by atoms with Crippen LogP contribution in [0.25, 0.3) is 0 Å². The number of halogens is 1. The first-order valence-corrected chi connectivity index (χ1v) is 4.54. The van der Waals surface area contributed by atoms with Crippen molar-refractivity contribution in [3.63, 3.8) is 0 Å². The molecular weight excluding hydrogens is 231 g/mol. The molecule has 0 unspecified atom stereocenters. The van der Waals surface area contributed by atoms with E-state index in [-0.39, 0.29) is 6.61 Å². The number of hydrogen-bond donors (Lipinski definition) is 2. The maximum Gasteiger partial charge on any atom is 0.0849 e. The fourth-order valence-corrected chi connectivity index (χ4v) is 0.908. The van der Waals surface area contributed by atoms with Crippen LogP contribution >= 0.6 is 22.6 Å². The molecule has 2 nitrogen and oxygen atoms in total. The Morgan fingerprint density at radius 1 is 1.56 bits per heavy atom. The third-order valence-electron chi connectivity index (χ3n) is 1.19. The summed E-state index contributed by atoms with van der Waals surface area (Å²) in [5.41, 5.74) is -0.856. The summed E-state index contributed by atoms with van der Waals surface area (Å²) in [6.45, 7) is 1.52. The fourth-order valence-electron chi connectivity index (χ4n) is 0.527. The van der Waals surface area contributed by atoms with Crippen molar-refractivity contribution < 1.29 is 10.2 Å². The van der Waals surface area contributed by atoms with Gasteiger partial charge < -0.3 is 10.2 Å². The zero-order valence-corrected chi connectivity index (χ0v) is 7.76. The van der Waals surface area contributed by atoms with E-state index in [0.29, 0.717) is 6.42 Å². The summed E-state index contributed by atoms with van der Waals surface area (Å²) < 4.78 is 1.04. The Morgan fingerprint density at radius 3 is 2.44 bits per heavy atom. The molecule has 0 saturated carbocycles. The fraction of sp³-hybridized carbons (Fsp3) is 1.00. The van der Waals surface area contributed by atoms with E-state index in [1.807, 2.05) is 0 Å². The van der Waals surface area contributed by atoms with Crippen LogP contribution in [0.2, 0.25) is 0 Å². The number of aliphatic hydroxyl groups excluding tert-OH is 1. The van der Waals surface area contributed by atoms with Crippen LogP contribution in [0.4, 0.5) is 0 Å². The zero-order valence-electron chi connectivity index (χ0n) is 5.60. The molecule has 0 fully saturated rings. The highest BCUT2D eigenvalue weighted by Gasteiger charge is 2.16. The van der Waals surface area contributed by atoms with Crippen LogP contribution in [0.15, 0.2) is 0 Å². The first-order chi connectivity index (χ1) is 4.12. The minimum atomic E-state index is -0.856. The van der Waals surface area contributed by atoms with Crippen LogP contribution in [0.5, 0.6) is 0 Å². The molecule has 0 aliphatic rings. The molecular formula is C6H13IO2. The predicted molar refractivity (Wildman–Crippen MR) is 45.8 cm³/mol. The Bertz CT molecular complexity index is 73.5. The lowest BCUT2D eigenvalue weighted by atomic mass is 10.0. The first-order valence-electron chi connectivity index (χ1n) is 3.01. The van der Waals surface area contributed by atoms with Gasteiger partial charge in [-0.25, -0.2) is 0 Å². The lowest BCUT2D eigenvalue weighted by Crippen LogP contribution is -2.28. The van der Waals surface area contributed by atoms with E-state index >= 15 is 0 Å².